The van der Waals surface area contributed by atoms with Crippen LogP contribution in [0.25, 0.3) is 11.6 Å². The fourth-order valence-electron chi connectivity index (χ4n) is 0.989. The Morgan fingerprint density at radius 1 is 1.14 bits per heavy atom. The van der Waals surface area contributed by atoms with E-state index in [0.717, 1.165) is 5.69 Å². The molecule has 2 aromatic heterocycles. The minimum Gasteiger partial charge on any atom is -0.368 e. The molecule has 0 aliphatic carbocycles. The van der Waals surface area contributed by atoms with Gasteiger partial charge in [0.15, 0.2) is 0 Å². The Labute approximate surface area is 79.2 Å². The molecule has 7 heteroatoms. The van der Waals surface area contributed by atoms with Crippen LogP contribution in [0.1, 0.15) is 5.69 Å². The van der Waals surface area contributed by atoms with E-state index in [2.05, 4.69) is 20.1 Å². The Balaban J connectivity index is 2.51. The van der Waals surface area contributed by atoms with Crippen LogP contribution in [0.2, 0.25) is 0 Å². The molecule has 0 fully saturated rings. The molecule has 0 spiro atoms. The zero-order valence-electron chi connectivity index (χ0n) is 7.43. The maximum absolute atomic E-state index is 5.40. The van der Waals surface area contributed by atoms with Crippen molar-refractivity contribution in [3.8, 4) is 11.6 Å². The van der Waals surface area contributed by atoms with Gasteiger partial charge in [-0.15, -0.1) is 0 Å². The highest BCUT2D eigenvalue weighted by Crippen LogP contribution is 2.16. The van der Waals surface area contributed by atoms with Crippen LogP contribution < -0.4 is 11.5 Å². The number of nitrogen functional groups attached to an aromatic ring is 2. The fraction of sp³-hybridized carbons (Fsp3) is 0.143. The number of hydrogen-bond donors (Lipinski definition) is 2. The van der Waals surface area contributed by atoms with Gasteiger partial charge >= 0.3 is 0 Å². The van der Waals surface area contributed by atoms with Crippen molar-refractivity contribution in [2.45, 2.75) is 6.92 Å². The molecule has 0 radical (unpaired) electrons. The van der Waals surface area contributed by atoms with Crippen molar-refractivity contribution in [1.82, 2.24) is 20.1 Å². The maximum Gasteiger partial charge on any atom is 0.225 e. The molecule has 0 aliphatic heterocycles. The predicted molar refractivity (Wildman–Crippen MR) is 48.9 cm³/mol. The molecule has 0 aromatic carbocycles. The Kier molecular flexibility index (Phi) is 1.77. The maximum atomic E-state index is 5.40. The van der Waals surface area contributed by atoms with Crippen molar-refractivity contribution in [2.75, 3.05) is 11.5 Å². The van der Waals surface area contributed by atoms with Crippen LogP contribution in [0, 0.1) is 6.92 Å². The molecule has 0 aliphatic rings. The zero-order valence-corrected chi connectivity index (χ0v) is 7.43. The number of aryl methyl sites for hydroxylation is 1. The third-order valence-corrected chi connectivity index (χ3v) is 1.52. The summed E-state index contributed by atoms with van der Waals surface area (Å²) in [5.74, 6) is 0.821. The second-order valence-electron chi connectivity index (χ2n) is 2.71. The van der Waals surface area contributed by atoms with E-state index in [1.165, 1.54) is 0 Å². The molecule has 4 N–H and O–H groups in total. The second kappa shape index (κ2) is 2.95. The summed E-state index contributed by atoms with van der Waals surface area (Å²) >= 11 is 0. The summed E-state index contributed by atoms with van der Waals surface area (Å²) < 4.78 is 4.95. The van der Waals surface area contributed by atoms with Gasteiger partial charge in [-0.2, -0.15) is 15.0 Å². The van der Waals surface area contributed by atoms with Crippen molar-refractivity contribution >= 4 is 11.9 Å². The first kappa shape index (κ1) is 8.42. The Bertz CT molecular complexity index is 445. The highest BCUT2D eigenvalue weighted by Gasteiger charge is 2.09. The number of aromatic nitrogens is 4. The summed E-state index contributed by atoms with van der Waals surface area (Å²) in [4.78, 5) is 11.4. The van der Waals surface area contributed by atoms with E-state index in [1.54, 1.807) is 13.0 Å². The van der Waals surface area contributed by atoms with Crippen molar-refractivity contribution in [1.29, 1.82) is 0 Å². The van der Waals surface area contributed by atoms with E-state index < -0.39 is 0 Å². The molecule has 72 valence electrons. The van der Waals surface area contributed by atoms with Crippen molar-refractivity contribution < 1.29 is 4.52 Å². The van der Waals surface area contributed by atoms with Gasteiger partial charge < -0.3 is 16.0 Å². The van der Waals surface area contributed by atoms with Crippen molar-refractivity contribution in [3.63, 3.8) is 0 Å². The first-order valence-corrected chi connectivity index (χ1v) is 3.86. The van der Waals surface area contributed by atoms with Crippen molar-refractivity contribution in [2.24, 2.45) is 0 Å². The molecule has 0 bridgehead atoms. The molecule has 2 rings (SSSR count). The summed E-state index contributed by atoms with van der Waals surface area (Å²) in [7, 11) is 0. The minimum absolute atomic E-state index is 0.0570. The largest absolute Gasteiger partial charge is 0.368 e. The van der Waals surface area contributed by atoms with E-state index in [0.29, 0.717) is 5.76 Å². The summed E-state index contributed by atoms with van der Waals surface area (Å²) in [6.07, 6.45) is 0. The van der Waals surface area contributed by atoms with Gasteiger partial charge in [0.2, 0.25) is 23.5 Å². The van der Waals surface area contributed by atoms with Gasteiger partial charge in [0.25, 0.3) is 0 Å². The van der Waals surface area contributed by atoms with E-state index in [9.17, 15) is 0 Å². The van der Waals surface area contributed by atoms with Crippen LogP contribution >= 0.6 is 0 Å². The molecule has 7 nitrogen and oxygen atoms in total. The normalized spacial score (nSPS) is 10.4. The highest BCUT2D eigenvalue weighted by atomic mass is 16.5. The lowest BCUT2D eigenvalue weighted by Gasteiger charge is -1.96. The third kappa shape index (κ3) is 1.47. The molecule has 0 saturated heterocycles. The Morgan fingerprint density at radius 2 is 1.79 bits per heavy atom. The lowest BCUT2D eigenvalue weighted by molar-refractivity contribution is 0.424. The van der Waals surface area contributed by atoms with Crippen LogP contribution in [-0.2, 0) is 0 Å². The van der Waals surface area contributed by atoms with Crippen LogP contribution in [0.15, 0.2) is 10.6 Å². The molecule has 0 saturated carbocycles. The smallest absolute Gasteiger partial charge is 0.225 e. The Hall–Kier alpha value is -2.18. The van der Waals surface area contributed by atoms with Gasteiger partial charge in [0, 0.05) is 6.07 Å². The second-order valence-corrected chi connectivity index (χ2v) is 2.71. The average molecular weight is 192 g/mol. The number of rotatable bonds is 1. The Morgan fingerprint density at radius 3 is 2.29 bits per heavy atom. The zero-order chi connectivity index (χ0) is 10.1. The lowest BCUT2D eigenvalue weighted by Crippen LogP contribution is -2.03. The first-order chi connectivity index (χ1) is 6.65. The highest BCUT2D eigenvalue weighted by molar-refractivity contribution is 5.50. The van der Waals surface area contributed by atoms with Crippen LogP contribution in [0.5, 0.6) is 0 Å². The number of hydrogen-bond acceptors (Lipinski definition) is 7. The average Bonchev–Trinajstić information content (AvgIpc) is 2.50. The minimum atomic E-state index is 0.0570. The molecule has 0 atom stereocenters. The molecule has 2 aromatic rings. The number of nitrogens with two attached hydrogens (primary N) is 2. The molecule has 0 unspecified atom stereocenters. The number of nitrogens with zero attached hydrogens (tertiary/aromatic N) is 4. The summed E-state index contributed by atoms with van der Waals surface area (Å²) in [6, 6.07) is 1.69. The van der Waals surface area contributed by atoms with E-state index in [4.69, 9.17) is 16.0 Å². The van der Waals surface area contributed by atoms with Crippen LogP contribution in [0.3, 0.4) is 0 Å². The molecular weight excluding hydrogens is 184 g/mol. The van der Waals surface area contributed by atoms with E-state index in [1.807, 2.05) is 0 Å². The predicted octanol–water partition coefficient (Wildman–Crippen LogP) is -0.000580. The van der Waals surface area contributed by atoms with Crippen LogP contribution in [0.4, 0.5) is 11.9 Å². The van der Waals surface area contributed by atoms with Crippen molar-refractivity contribution in [3.05, 3.63) is 11.8 Å². The topological polar surface area (TPSA) is 117 Å². The van der Waals surface area contributed by atoms with E-state index >= 15 is 0 Å². The monoisotopic (exact) mass is 192 g/mol. The summed E-state index contributed by atoms with van der Waals surface area (Å²) in [5, 5.41) is 3.70. The third-order valence-electron chi connectivity index (χ3n) is 1.52. The van der Waals surface area contributed by atoms with E-state index in [-0.39, 0.29) is 17.7 Å². The van der Waals surface area contributed by atoms with Gasteiger partial charge in [-0.1, -0.05) is 5.16 Å². The lowest BCUT2D eigenvalue weighted by atomic mass is 10.4. The summed E-state index contributed by atoms with van der Waals surface area (Å²) in [6.45, 7) is 1.79. The molecule has 0 amide bonds. The molecule has 14 heavy (non-hydrogen) atoms. The quantitative estimate of drug-likeness (QED) is 0.652. The summed E-state index contributed by atoms with van der Waals surface area (Å²) in [5.41, 5.74) is 11.5. The van der Waals surface area contributed by atoms with Gasteiger partial charge in [-0.25, -0.2) is 0 Å². The van der Waals surface area contributed by atoms with Gasteiger partial charge in [-0.05, 0) is 6.92 Å². The van der Waals surface area contributed by atoms with Gasteiger partial charge in [0.1, 0.15) is 0 Å². The molecule has 2 heterocycles. The SMILES string of the molecule is Cc1cc(-c2nc(N)nc(N)n2)on1. The first-order valence-electron chi connectivity index (χ1n) is 3.86. The molecular formula is C7H8N6O. The fourth-order valence-corrected chi connectivity index (χ4v) is 0.989. The van der Waals surface area contributed by atoms with Crippen LogP contribution in [-0.4, -0.2) is 20.1 Å². The van der Waals surface area contributed by atoms with Gasteiger partial charge in [-0.3, -0.25) is 0 Å². The standard InChI is InChI=1S/C7H8N6O/c1-3-2-4(14-13-3)5-10-6(8)12-7(9)11-5/h2H,1H3,(H4,8,9,10,11,12). The van der Waals surface area contributed by atoms with Gasteiger partial charge in [0.05, 0.1) is 5.69 Å². The number of anilines is 2.